The van der Waals surface area contributed by atoms with E-state index in [1.807, 2.05) is 0 Å². The molecule has 1 aliphatic rings. The Bertz CT molecular complexity index is 405. The van der Waals surface area contributed by atoms with Crippen LogP contribution < -0.4 is 5.32 Å². The van der Waals surface area contributed by atoms with Crippen LogP contribution in [0.15, 0.2) is 18.3 Å². The summed E-state index contributed by atoms with van der Waals surface area (Å²) in [5.74, 6) is 0.640. The molecule has 1 fully saturated rings. The fourth-order valence-corrected chi connectivity index (χ4v) is 1.88. The second-order valence-electron chi connectivity index (χ2n) is 4.27. The van der Waals surface area contributed by atoms with Crippen molar-refractivity contribution in [2.24, 2.45) is 0 Å². The fraction of sp³-hybridized carbons (Fsp3) is 0.500. The maximum absolute atomic E-state index is 8.91. The second kappa shape index (κ2) is 4.50. The zero-order valence-electron chi connectivity index (χ0n) is 9.36. The Hall–Kier alpha value is -1.60. The van der Waals surface area contributed by atoms with Gasteiger partial charge in [0.2, 0.25) is 0 Å². The van der Waals surface area contributed by atoms with E-state index in [1.165, 1.54) is 0 Å². The van der Waals surface area contributed by atoms with Gasteiger partial charge in [-0.3, -0.25) is 0 Å². The topological polar surface area (TPSA) is 57.9 Å². The Labute approximate surface area is 95.3 Å². The number of nitriles is 1. The van der Waals surface area contributed by atoms with Gasteiger partial charge in [-0.1, -0.05) is 0 Å². The molecule has 1 aromatic heterocycles. The summed E-state index contributed by atoms with van der Waals surface area (Å²) in [5, 5.41) is 12.1. The average molecular weight is 217 g/mol. The van der Waals surface area contributed by atoms with Gasteiger partial charge in [0.25, 0.3) is 0 Å². The zero-order chi connectivity index (χ0) is 11.4. The van der Waals surface area contributed by atoms with Crippen LogP contribution in [0.1, 0.15) is 25.3 Å². The molecular formula is C12H15N3O. The lowest BCUT2D eigenvalue weighted by Crippen LogP contribution is -2.32. The standard InChI is InChI=1S/C12H15N3O/c1-12(5-3-7-16-12)9-15-11-10(8-13)4-2-6-14-11/h2,4,6H,3,5,7,9H2,1H3,(H,14,15). The number of anilines is 1. The molecule has 0 aliphatic carbocycles. The SMILES string of the molecule is CC1(CNc2ncccc2C#N)CCCO1. The van der Waals surface area contributed by atoms with E-state index in [2.05, 4.69) is 23.3 Å². The maximum Gasteiger partial charge on any atom is 0.143 e. The number of nitrogens with one attached hydrogen (secondary N) is 1. The quantitative estimate of drug-likeness (QED) is 0.840. The number of hydrogen-bond donors (Lipinski definition) is 1. The number of hydrogen-bond acceptors (Lipinski definition) is 4. The van der Waals surface area contributed by atoms with Crippen LogP contribution in [0, 0.1) is 11.3 Å². The minimum atomic E-state index is -0.121. The van der Waals surface area contributed by atoms with Crippen LogP contribution in [-0.2, 0) is 4.74 Å². The summed E-state index contributed by atoms with van der Waals surface area (Å²) in [6, 6.07) is 5.64. The smallest absolute Gasteiger partial charge is 0.143 e. The first kappa shape index (κ1) is 10.9. The predicted octanol–water partition coefficient (Wildman–Crippen LogP) is 1.93. The molecule has 1 saturated heterocycles. The van der Waals surface area contributed by atoms with Crippen LogP contribution >= 0.6 is 0 Å². The third kappa shape index (κ3) is 2.31. The Morgan fingerprint density at radius 1 is 1.69 bits per heavy atom. The van der Waals surface area contributed by atoms with E-state index in [9.17, 15) is 0 Å². The van der Waals surface area contributed by atoms with E-state index in [0.717, 1.165) is 19.4 Å². The highest BCUT2D eigenvalue weighted by Crippen LogP contribution is 2.25. The molecule has 0 aromatic carbocycles. The van der Waals surface area contributed by atoms with E-state index >= 15 is 0 Å². The predicted molar refractivity (Wildman–Crippen MR) is 61.0 cm³/mol. The number of rotatable bonds is 3. The van der Waals surface area contributed by atoms with Crippen molar-refractivity contribution >= 4 is 5.82 Å². The third-order valence-corrected chi connectivity index (χ3v) is 2.86. The van der Waals surface area contributed by atoms with Crippen molar-refractivity contribution in [1.29, 1.82) is 5.26 Å². The van der Waals surface area contributed by atoms with Gasteiger partial charge < -0.3 is 10.1 Å². The molecule has 1 unspecified atom stereocenters. The van der Waals surface area contributed by atoms with Gasteiger partial charge in [0.05, 0.1) is 11.2 Å². The molecule has 1 aliphatic heterocycles. The van der Waals surface area contributed by atoms with E-state index in [1.54, 1.807) is 18.3 Å². The Kier molecular flexibility index (Phi) is 3.07. The van der Waals surface area contributed by atoms with Crippen LogP contribution in [0.5, 0.6) is 0 Å². The highest BCUT2D eigenvalue weighted by Gasteiger charge is 2.29. The highest BCUT2D eigenvalue weighted by molar-refractivity contribution is 5.51. The van der Waals surface area contributed by atoms with Crippen LogP contribution in [0.3, 0.4) is 0 Å². The Morgan fingerprint density at radius 3 is 3.25 bits per heavy atom. The number of pyridine rings is 1. The van der Waals surface area contributed by atoms with Crippen molar-refractivity contribution in [2.45, 2.75) is 25.4 Å². The first-order valence-electron chi connectivity index (χ1n) is 5.46. The van der Waals surface area contributed by atoms with Crippen molar-refractivity contribution in [2.75, 3.05) is 18.5 Å². The highest BCUT2D eigenvalue weighted by atomic mass is 16.5. The molecule has 2 heterocycles. The van der Waals surface area contributed by atoms with E-state index in [-0.39, 0.29) is 5.60 Å². The van der Waals surface area contributed by atoms with Crippen LogP contribution in [0.4, 0.5) is 5.82 Å². The molecule has 0 bridgehead atoms. The van der Waals surface area contributed by atoms with Crippen molar-refractivity contribution < 1.29 is 4.74 Å². The van der Waals surface area contributed by atoms with Gasteiger partial charge >= 0.3 is 0 Å². The summed E-state index contributed by atoms with van der Waals surface area (Å²) >= 11 is 0. The van der Waals surface area contributed by atoms with Gasteiger partial charge in [0, 0.05) is 19.3 Å². The van der Waals surface area contributed by atoms with Crippen LogP contribution in [-0.4, -0.2) is 23.7 Å². The second-order valence-corrected chi connectivity index (χ2v) is 4.27. The van der Waals surface area contributed by atoms with Crippen molar-refractivity contribution in [3.05, 3.63) is 23.9 Å². The lowest BCUT2D eigenvalue weighted by molar-refractivity contribution is 0.0315. The summed E-state index contributed by atoms with van der Waals surface area (Å²) in [6.45, 7) is 3.60. The number of aromatic nitrogens is 1. The minimum Gasteiger partial charge on any atom is -0.373 e. The maximum atomic E-state index is 8.91. The summed E-state index contributed by atoms with van der Waals surface area (Å²) in [4.78, 5) is 4.15. The number of ether oxygens (including phenoxy) is 1. The molecular weight excluding hydrogens is 202 g/mol. The summed E-state index contributed by atoms with van der Waals surface area (Å²) in [7, 11) is 0. The Balaban J connectivity index is 2.02. The summed E-state index contributed by atoms with van der Waals surface area (Å²) in [5.41, 5.74) is 0.452. The molecule has 4 heteroatoms. The van der Waals surface area contributed by atoms with Crippen LogP contribution in [0.2, 0.25) is 0 Å². The van der Waals surface area contributed by atoms with Crippen molar-refractivity contribution in [3.8, 4) is 6.07 Å². The van der Waals surface area contributed by atoms with Gasteiger partial charge in [0.15, 0.2) is 0 Å². The van der Waals surface area contributed by atoms with E-state index < -0.39 is 0 Å². The Morgan fingerprint density at radius 2 is 2.56 bits per heavy atom. The van der Waals surface area contributed by atoms with Crippen molar-refractivity contribution in [3.63, 3.8) is 0 Å². The molecule has 4 nitrogen and oxygen atoms in total. The van der Waals surface area contributed by atoms with Crippen LogP contribution in [0.25, 0.3) is 0 Å². The monoisotopic (exact) mass is 217 g/mol. The van der Waals surface area contributed by atoms with E-state index in [0.29, 0.717) is 17.9 Å². The normalized spacial score (nSPS) is 24.0. The average Bonchev–Trinajstić information content (AvgIpc) is 2.74. The molecule has 1 atom stereocenters. The number of nitrogens with zero attached hydrogens (tertiary/aromatic N) is 2. The fourth-order valence-electron chi connectivity index (χ4n) is 1.88. The molecule has 0 amide bonds. The molecule has 0 spiro atoms. The lowest BCUT2D eigenvalue weighted by atomic mass is 10.0. The summed E-state index contributed by atoms with van der Waals surface area (Å²) < 4.78 is 5.66. The molecule has 0 radical (unpaired) electrons. The van der Waals surface area contributed by atoms with Gasteiger partial charge in [-0.25, -0.2) is 4.98 Å². The van der Waals surface area contributed by atoms with Crippen molar-refractivity contribution in [1.82, 2.24) is 4.98 Å². The molecule has 84 valence electrons. The molecule has 2 rings (SSSR count). The first-order chi connectivity index (χ1) is 7.73. The summed E-state index contributed by atoms with van der Waals surface area (Å²) in [6.07, 6.45) is 3.83. The third-order valence-electron chi connectivity index (χ3n) is 2.86. The lowest BCUT2D eigenvalue weighted by Gasteiger charge is -2.23. The first-order valence-corrected chi connectivity index (χ1v) is 5.46. The molecule has 1 aromatic rings. The van der Waals surface area contributed by atoms with Gasteiger partial charge in [0.1, 0.15) is 11.9 Å². The molecule has 1 N–H and O–H groups in total. The van der Waals surface area contributed by atoms with Gasteiger partial charge in [-0.15, -0.1) is 0 Å². The van der Waals surface area contributed by atoms with Gasteiger partial charge in [-0.05, 0) is 31.9 Å². The zero-order valence-corrected chi connectivity index (χ0v) is 9.36. The minimum absolute atomic E-state index is 0.121. The van der Waals surface area contributed by atoms with Gasteiger partial charge in [-0.2, -0.15) is 5.26 Å². The molecule has 16 heavy (non-hydrogen) atoms. The van der Waals surface area contributed by atoms with E-state index in [4.69, 9.17) is 10.00 Å². The molecule has 0 saturated carbocycles. The largest absolute Gasteiger partial charge is 0.373 e.